The second kappa shape index (κ2) is 4.40. The highest BCUT2D eigenvalue weighted by atomic mass is 35.5. The molecule has 6 heteroatoms. The Hall–Kier alpha value is -0.775. The molecule has 0 aromatic carbocycles. The summed E-state index contributed by atoms with van der Waals surface area (Å²) in [6.45, 7) is 8.01. The Labute approximate surface area is 113 Å². The summed E-state index contributed by atoms with van der Waals surface area (Å²) in [7, 11) is 1.09. The molecule has 1 aliphatic rings. The van der Waals surface area contributed by atoms with Crippen molar-refractivity contribution in [1.82, 2.24) is 4.98 Å². The molecule has 1 fully saturated rings. The van der Waals surface area contributed by atoms with Crippen molar-refractivity contribution in [3.63, 3.8) is 0 Å². The summed E-state index contributed by atoms with van der Waals surface area (Å²) in [5, 5.41) is 0.389. The molecule has 0 radical (unpaired) electrons. The molecule has 4 nitrogen and oxygen atoms in total. The van der Waals surface area contributed by atoms with Crippen LogP contribution in [-0.2, 0) is 9.31 Å². The minimum atomic E-state index is -0.495. The van der Waals surface area contributed by atoms with Crippen LogP contribution in [0.5, 0.6) is 5.75 Å². The SMILES string of the molecule is COc1cnc(Cl)cc1B1OC(C)(C)C(C)(C)O1. The van der Waals surface area contributed by atoms with Crippen LogP contribution in [0.15, 0.2) is 12.3 Å². The van der Waals surface area contributed by atoms with E-state index >= 15 is 0 Å². The predicted octanol–water partition coefficient (Wildman–Crippen LogP) is 2.04. The third-order valence-corrected chi connectivity index (χ3v) is 3.80. The van der Waals surface area contributed by atoms with Gasteiger partial charge in [0.25, 0.3) is 0 Å². The molecule has 0 amide bonds. The maximum absolute atomic E-state index is 5.96. The van der Waals surface area contributed by atoms with E-state index in [4.69, 9.17) is 25.6 Å². The molecule has 0 bridgehead atoms. The first-order chi connectivity index (χ1) is 8.27. The topological polar surface area (TPSA) is 40.6 Å². The Bertz CT molecular complexity index is 449. The van der Waals surface area contributed by atoms with Gasteiger partial charge in [-0.15, -0.1) is 0 Å². The van der Waals surface area contributed by atoms with E-state index in [1.54, 1.807) is 19.4 Å². The largest absolute Gasteiger partial charge is 0.498 e. The van der Waals surface area contributed by atoms with E-state index in [-0.39, 0.29) is 0 Å². The number of aromatic nitrogens is 1. The highest BCUT2D eigenvalue weighted by Gasteiger charge is 2.52. The van der Waals surface area contributed by atoms with Gasteiger partial charge in [0.1, 0.15) is 10.9 Å². The van der Waals surface area contributed by atoms with Crippen LogP contribution in [0.4, 0.5) is 0 Å². The molecule has 1 aliphatic heterocycles. The maximum atomic E-state index is 5.96. The molecule has 0 saturated carbocycles. The van der Waals surface area contributed by atoms with Crippen LogP contribution in [-0.4, -0.2) is 30.4 Å². The van der Waals surface area contributed by atoms with Crippen molar-refractivity contribution in [2.24, 2.45) is 0 Å². The summed E-state index contributed by atoms with van der Waals surface area (Å²) < 4.78 is 17.2. The molecule has 98 valence electrons. The molecule has 1 aromatic rings. The molecule has 0 aliphatic carbocycles. The number of hydrogen-bond donors (Lipinski definition) is 0. The molecule has 2 rings (SSSR count). The Morgan fingerprint density at radius 1 is 1.22 bits per heavy atom. The lowest BCUT2D eigenvalue weighted by atomic mass is 9.79. The van der Waals surface area contributed by atoms with Gasteiger partial charge in [0.2, 0.25) is 0 Å². The zero-order chi connectivity index (χ0) is 13.6. The summed E-state index contributed by atoms with van der Waals surface area (Å²) in [4.78, 5) is 3.98. The van der Waals surface area contributed by atoms with Gasteiger partial charge in [-0.3, -0.25) is 0 Å². The number of halogens is 1. The van der Waals surface area contributed by atoms with Crippen molar-refractivity contribution >= 4 is 24.2 Å². The molecule has 0 N–H and O–H groups in total. The average Bonchev–Trinajstić information content (AvgIpc) is 2.48. The molecule has 1 aromatic heterocycles. The van der Waals surface area contributed by atoms with Gasteiger partial charge in [0, 0.05) is 5.46 Å². The highest BCUT2D eigenvalue weighted by molar-refractivity contribution is 6.63. The highest BCUT2D eigenvalue weighted by Crippen LogP contribution is 2.37. The molecule has 0 atom stereocenters. The first kappa shape index (κ1) is 13.7. The molecular weight excluding hydrogens is 252 g/mol. The number of ether oxygens (including phenoxy) is 1. The van der Waals surface area contributed by atoms with Gasteiger partial charge in [0.05, 0.1) is 24.5 Å². The molecule has 2 heterocycles. The summed E-state index contributed by atoms with van der Waals surface area (Å²) in [6, 6.07) is 1.71. The lowest BCUT2D eigenvalue weighted by Gasteiger charge is -2.32. The predicted molar refractivity (Wildman–Crippen MR) is 71.5 cm³/mol. The third-order valence-electron chi connectivity index (χ3n) is 3.59. The quantitative estimate of drug-likeness (QED) is 0.608. The maximum Gasteiger partial charge on any atom is 0.498 e. The van der Waals surface area contributed by atoms with Crippen LogP contribution in [0.3, 0.4) is 0 Å². The van der Waals surface area contributed by atoms with E-state index in [2.05, 4.69) is 4.98 Å². The van der Waals surface area contributed by atoms with E-state index in [0.717, 1.165) is 5.46 Å². The van der Waals surface area contributed by atoms with Crippen LogP contribution >= 0.6 is 11.6 Å². The Morgan fingerprint density at radius 2 is 1.78 bits per heavy atom. The van der Waals surface area contributed by atoms with Crippen molar-refractivity contribution in [1.29, 1.82) is 0 Å². The number of rotatable bonds is 2. The Balaban J connectivity index is 2.37. The minimum Gasteiger partial charge on any atom is -0.496 e. The zero-order valence-electron chi connectivity index (χ0n) is 11.3. The fraction of sp³-hybridized carbons (Fsp3) is 0.583. The molecule has 0 spiro atoms. The van der Waals surface area contributed by atoms with Crippen LogP contribution < -0.4 is 10.2 Å². The first-order valence-corrected chi connectivity index (χ1v) is 6.20. The normalized spacial score (nSPS) is 21.1. The van der Waals surface area contributed by atoms with Gasteiger partial charge < -0.3 is 14.0 Å². The van der Waals surface area contributed by atoms with Gasteiger partial charge in [0.15, 0.2) is 0 Å². The molecular formula is C12H17BClNO3. The van der Waals surface area contributed by atoms with Crippen LogP contribution in [0.2, 0.25) is 5.15 Å². The number of hydrogen-bond acceptors (Lipinski definition) is 4. The summed E-state index contributed by atoms with van der Waals surface area (Å²) >= 11 is 5.92. The number of pyridine rings is 1. The van der Waals surface area contributed by atoms with Gasteiger partial charge in [-0.25, -0.2) is 4.98 Å². The smallest absolute Gasteiger partial charge is 0.496 e. The second-order valence-corrected chi connectivity index (χ2v) is 5.72. The average molecular weight is 270 g/mol. The van der Waals surface area contributed by atoms with E-state index in [1.165, 1.54) is 0 Å². The lowest BCUT2D eigenvalue weighted by molar-refractivity contribution is 0.00578. The van der Waals surface area contributed by atoms with Crippen molar-refractivity contribution in [2.75, 3.05) is 7.11 Å². The number of methoxy groups -OCH3 is 1. The van der Waals surface area contributed by atoms with Crippen molar-refractivity contribution < 1.29 is 14.0 Å². The summed E-state index contributed by atoms with van der Waals surface area (Å²) in [6.07, 6.45) is 1.57. The van der Waals surface area contributed by atoms with Gasteiger partial charge in [-0.2, -0.15) is 0 Å². The Kier molecular flexibility index (Phi) is 3.34. The van der Waals surface area contributed by atoms with E-state index in [0.29, 0.717) is 10.9 Å². The summed E-state index contributed by atoms with van der Waals surface area (Å²) in [5.74, 6) is 0.609. The van der Waals surface area contributed by atoms with Gasteiger partial charge in [-0.1, -0.05) is 11.6 Å². The van der Waals surface area contributed by atoms with E-state index in [1.807, 2.05) is 27.7 Å². The first-order valence-electron chi connectivity index (χ1n) is 5.82. The second-order valence-electron chi connectivity index (χ2n) is 5.34. The van der Waals surface area contributed by atoms with Crippen molar-refractivity contribution in [3.05, 3.63) is 17.4 Å². The standard InChI is InChI=1S/C12H17BClNO3/c1-11(2)12(3,4)18-13(17-11)8-6-10(14)15-7-9(8)16-5/h6-7H,1-5H3. The van der Waals surface area contributed by atoms with Gasteiger partial charge in [-0.05, 0) is 33.8 Å². The zero-order valence-corrected chi connectivity index (χ0v) is 12.0. The fourth-order valence-electron chi connectivity index (χ4n) is 1.76. The molecule has 18 heavy (non-hydrogen) atoms. The minimum absolute atomic E-state index is 0.389. The van der Waals surface area contributed by atoms with Crippen molar-refractivity contribution in [3.8, 4) is 5.75 Å². The lowest BCUT2D eigenvalue weighted by Crippen LogP contribution is -2.41. The number of nitrogens with zero attached hydrogens (tertiary/aromatic N) is 1. The van der Waals surface area contributed by atoms with E-state index < -0.39 is 18.3 Å². The summed E-state index contributed by atoms with van der Waals surface area (Å²) in [5.41, 5.74) is -0.0206. The molecule has 1 saturated heterocycles. The van der Waals surface area contributed by atoms with Crippen molar-refractivity contribution in [2.45, 2.75) is 38.9 Å². The molecule has 0 unspecified atom stereocenters. The fourth-order valence-corrected chi connectivity index (χ4v) is 1.92. The van der Waals surface area contributed by atoms with Gasteiger partial charge >= 0.3 is 7.12 Å². The van der Waals surface area contributed by atoms with Crippen LogP contribution in [0.25, 0.3) is 0 Å². The Morgan fingerprint density at radius 3 is 2.28 bits per heavy atom. The monoisotopic (exact) mass is 269 g/mol. The third kappa shape index (κ3) is 2.22. The van der Waals surface area contributed by atoms with Crippen LogP contribution in [0, 0.1) is 0 Å². The van der Waals surface area contributed by atoms with E-state index in [9.17, 15) is 0 Å². The van der Waals surface area contributed by atoms with Crippen LogP contribution in [0.1, 0.15) is 27.7 Å².